The van der Waals surface area contributed by atoms with Crippen LogP contribution in [-0.2, 0) is 32.9 Å². The number of hydrogen-bond donors (Lipinski definition) is 5. The molecule has 2 aromatic rings. The monoisotopic (exact) mass is 654 g/mol. The summed E-state index contributed by atoms with van der Waals surface area (Å²) >= 11 is 0. The van der Waals surface area contributed by atoms with Crippen LogP contribution in [0.25, 0.3) is 0 Å². The van der Waals surface area contributed by atoms with Crippen molar-refractivity contribution in [2.24, 2.45) is 0 Å². The zero-order valence-corrected chi connectivity index (χ0v) is 28.8. The predicted octanol–water partition coefficient (Wildman–Crippen LogP) is 2.76. The van der Waals surface area contributed by atoms with Crippen molar-refractivity contribution in [2.75, 3.05) is 26.7 Å². The van der Waals surface area contributed by atoms with Crippen LogP contribution in [0.3, 0.4) is 0 Å². The van der Waals surface area contributed by atoms with E-state index in [-0.39, 0.29) is 12.5 Å². The minimum absolute atomic E-state index is 0.0256. The molecule has 0 spiro atoms. The Kier molecular flexibility index (Phi) is 10.3. The van der Waals surface area contributed by atoms with Gasteiger partial charge in [-0.2, -0.15) is 0 Å². The van der Waals surface area contributed by atoms with Crippen molar-refractivity contribution in [1.29, 1.82) is 0 Å². The van der Waals surface area contributed by atoms with Gasteiger partial charge in [-0.1, -0.05) is 42.8 Å². The standard InChI is InChI=1S/C37H54N2O8/c1-24-13-18-28(37-32(43)30(41)31(42)36(47-37,23-46-37)35(4,5)45)22-27(24)21-26-16-14-25(15-17-26)11-10-12-29(40)38(6)34(2,3)33(44)39-19-8-7-9-20-39/h13-18,22,30-33,41-45H,7-12,19-21,23H2,1-6H3/t30-,31-,32+,33?,36-,37-/m0/s1. The van der Waals surface area contributed by atoms with Crippen LogP contribution in [0.5, 0.6) is 0 Å². The number of aliphatic hydroxyl groups excluding tert-OH is 4. The molecule has 10 heteroatoms. The molecule has 5 N–H and O–H groups in total. The molecule has 3 aliphatic rings. The second-order valence-corrected chi connectivity index (χ2v) is 15.0. The Balaban J connectivity index is 1.21. The molecule has 6 atom stereocenters. The van der Waals surface area contributed by atoms with E-state index in [1.165, 1.54) is 20.3 Å². The molecular weight excluding hydrogens is 600 g/mol. The molecule has 3 heterocycles. The smallest absolute Gasteiger partial charge is 0.225 e. The van der Waals surface area contributed by atoms with Gasteiger partial charge >= 0.3 is 0 Å². The summed E-state index contributed by atoms with van der Waals surface area (Å²) in [4.78, 5) is 16.9. The van der Waals surface area contributed by atoms with Crippen molar-refractivity contribution >= 4 is 5.91 Å². The highest BCUT2D eigenvalue weighted by atomic mass is 16.8. The van der Waals surface area contributed by atoms with E-state index in [4.69, 9.17) is 9.47 Å². The zero-order chi connectivity index (χ0) is 34.4. The van der Waals surface area contributed by atoms with Crippen LogP contribution in [0.15, 0.2) is 42.5 Å². The summed E-state index contributed by atoms with van der Waals surface area (Å²) in [5.41, 5.74) is 0.869. The third-order valence-electron chi connectivity index (χ3n) is 11.0. The third kappa shape index (κ3) is 6.64. The van der Waals surface area contributed by atoms with Gasteiger partial charge in [0.05, 0.1) is 17.7 Å². The van der Waals surface area contributed by atoms with Crippen LogP contribution in [0.4, 0.5) is 0 Å². The Hall–Kier alpha value is -2.41. The average Bonchev–Trinajstić information content (AvgIpc) is 3.45. The Morgan fingerprint density at radius 2 is 1.64 bits per heavy atom. The quantitative estimate of drug-likeness (QED) is 0.247. The normalized spacial score (nSPS) is 29.1. The molecule has 0 aliphatic carbocycles. The fraction of sp³-hybridized carbons (Fsp3) is 0.649. The summed E-state index contributed by atoms with van der Waals surface area (Å²) < 4.78 is 12.3. The van der Waals surface area contributed by atoms with Gasteiger partial charge in [-0.15, -0.1) is 0 Å². The lowest BCUT2D eigenvalue weighted by molar-refractivity contribution is -0.348. The Bertz CT molecular complexity index is 1400. The van der Waals surface area contributed by atoms with Gasteiger partial charge in [0.25, 0.3) is 0 Å². The van der Waals surface area contributed by atoms with Crippen LogP contribution in [0.2, 0.25) is 0 Å². The molecule has 5 rings (SSSR count). The summed E-state index contributed by atoms with van der Waals surface area (Å²) in [5, 5.41) is 54.6. The number of fused-ring (bicyclic) bond motifs is 2. The largest absolute Gasteiger partial charge is 0.387 e. The first-order valence-corrected chi connectivity index (χ1v) is 17.0. The topological polar surface area (TPSA) is 143 Å². The van der Waals surface area contributed by atoms with Crippen LogP contribution in [-0.4, -0.2) is 109 Å². The van der Waals surface area contributed by atoms with Crippen LogP contribution in [0, 0.1) is 6.92 Å². The van der Waals surface area contributed by atoms with Crippen LogP contribution < -0.4 is 0 Å². The lowest BCUT2D eigenvalue weighted by atomic mass is 9.75. The first-order chi connectivity index (χ1) is 22.0. The molecule has 0 saturated carbocycles. The molecule has 3 fully saturated rings. The van der Waals surface area contributed by atoms with Gasteiger partial charge in [-0.3, -0.25) is 9.69 Å². The number of hydrogen-bond acceptors (Lipinski definition) is 9. The second kappa shape index (κ2) is 13.5. The van der Waals surface area contributed by atoms with Crippen LogP contribution in [0.1, 0.15) is 87.6 Å². The van der Waals surface area contributed by atoms with Crippen molar-refractivity contribution in [3.8, 4) is 0 Å². The highest BCUT2D eigenvalue weighted by Crippen LogP contribution is 2.53. The fourth-order valence-electron chi connectivity index (χ4n) is 7.32. The number of nitrogens with zero attached hydrogens (tertiary/aromatic N) is 2. The Morgan fingerprint density at radius 3 is 2.28 bits per heavy atom. The summed E-state index contributed by atoms with van der Waals surface area (Å²) in [7, 11) is 1.79. The van der Waals surface area contributed by atoms with Gasteiger partial charge in [0.1, 0.15) is 24.5 Å². The highest BCUT2D eigenvalue weighted by Gasteiger charge is 2.71. The van der Waals surface area contributed by atoms with E-state index < -0.39 is 47.1 Å². The number of carbonyl (C=O) groups is 1. The molecule has 0 aromatic heterocycles. The maximum absolute atomic E-state index is 13.1. The number of benzene rings is 2. The van der Waals surface area contributed by atoms with Gasteiger partial charge in [-0.05, 0) is 95.0 Å². The number of ether oxygens (including phenoxy) is 2. The van der Waals surface area contributed by atoms with E-state index in [1.54, 1.807) is 18.0 Å². The van der Waals surface area contributed by atoms with Gasteiger partial charge in [0.2, 0.25) is 11.7 Å². The van der Waals surface area contributed by atoms with Crippen molar-refractivity contribution in [2.45, 2.75) is 127 Å². The van der Waals surface area contributed by atoms with Gasteiger partial charge in [0.15, 0.2) is 5.60 Å². The fourth-order valence-corrected chi connectivity index (χ4v) is 7.32. The molecule has 260 valence electrons. The van der Waals surface area contributed by atoms with E-state index >= 15 is 0 Å². The van der Waals surface area contributed by atoms with E-state index in [9.17, 15) is 30.3 Å². The minimum atomic E-state index is -1.74. The number of amides is 1. The first-order valence-electron chi connectivity index (χ1n) is 17.0. The molecule has 10 nitrogen and oxygen atoms in total. The third-order valence-corrected chi connectivity index (χ3v) is 11.0. The number of likely N-dealkylation sites (tertiary alicyclic amines) is 1. The number of carbonyl (C=O) groups excluding carboxylic acids is 1. The van der Waals surface area contributed by atoms with E-state index in [0.29, 0.717) is 24.8 Å². The maximum Gasteiger partial charge on any atom is 0.225 e. The Labute approximate surface area is 278 Å². The molecule has 2 aromatic carbocycles. The average molecular weight is 655 g/mol. The van der Waals surface area contributed by atoms with Gasteiger partial charge < -0.3 is 39.9 Å². The molecular formula is C37H54N2O8. The summed E-state index contributed by atoms with van der Waals surface area (Å²) in [6.45, 7) is 10.4. The number of likely N-dealkylation sites (N-methyl/N-ethyl adjacent to an activating group) is 1. The lowest BCUT2D eigenvalue weighted by Gasteiger charge is -2.50. The van der Waals surface area contributed by atoms with E-state index in [1.807, 2.05) is 32.9 Å². The van der Waals surface area contributed by atoms with Crippen molar-refractivity contribution in [3.05, 3.63) is 70.3 Å². The first kappa shape index (κ1) is 35.9. The molecule has 47 heavy (non-hydrogen) atoms. The molecule has 2 bridgehead atoms. The highest BCUT2D eigenvalue weighted by molar-refractivity contribution is 5.76. The molecule has 1 amide bonds. The van der Waals surface area contributed by atoms with Crippen molar-refractivity contribution in [1.82, 2.24) is 9.80 Å². The van der Waals surface area contributed by atoms with E-state index in [2.05, 4.69) is 29.2 Å². The lowest BCUT2D eigenvalue weighted by Crippen LogP contribution is -2.70. The van der Waals surface area contributed by atoms with Crippen molar-refractivity contribution < 1.29 is 39.8 Å². The van der Waals surface area contributed by atoms with Gasteiger partial charge in [-0.25, -0.2) is 0 Å². The molecule has 0 radical (unpaired) electrons. The van der Waals surface area contributed by atoms with Gasteiger partial charge in [0, 0.05) is 32.1 Å². The number of rotatable bonds is 11. The number of piperidine rings is 1. The van der Waals surface area contributed by atoms with Crippen LogP contribution >= 0.6 is 0 Å². The maximum atomic E-state index is 13.1. The SMILES string of the molecule is Cc1ccc([C@]23OC[C@](C(C)(C)O)(O2)[C@@H](O)[C@H](O)[C@H]3O)cc1Cc1ccc(CCCC(=O)N(C)C(C)(C)C(O)N2CCCCC2)cc1. The summed E-state index contributed by atoms with van der Waals surface area (Å²) in [6.07, 6.45) is 0.422. The summed E-state index contributed by atoms with van der Waals surface area (Å²) in [5.74, 6) is -1.71. The predicted molar refractivity (Wildman–Crippen MR) is 177 cm³/mol. The van der Waals surface area contributed by atoms with E-state index in [0.717, 1.165) is 54.6 Å². The second-order valence-electron chi connectivity index (χ2n) is 15.0. The molecule has 3 aliphatic heterocycles. The molecule has 3 saturated heterocycles. The summed E-state index contributed by atoms with van der Waals surface area (Å²) in [6, 6.07) is 13.9. The number of aliphatic hydroxyl groups is 5. The number of aryl methyl sites for hydroxylation is 2. The zero-order valence-electron chi connectivity index (χ0n) is 28.8. The Morgan fingerprint density at radius 1 is 1.00 bits per heavy atom. The van der Waals surface area contributed by atoms with Crippen molar-refractivity contribution in [3.63, 3.8) is 0 Å². The molecule has 1 unspecified atom stereocenters. The minimum Gasteiger partial charge on any atom is -0.387 e.